The number of halogens is 3. The summed E-state index contributed by atoms with van der Waals surface area (Å²) in [4.78, 5) is 25.9. The average Bonchev–Trinajstić information content (AvgIpc) is 3.12. The monoisotopic (exact) mass is 592 g/mol. The van der Waals surface area contributed by atoms with Crippen LogP contribution < -0.4 is 14.9 Å². The van der Waals surface area contributed by atoms with Gasteiger partial charge in [0.25, 0.3) is 11.8 Å². The zero-order chi connectivity index (χ0) is 26.5. The van der Waals surface area contributed by atoms with E-state index in [1.807, 2.05) is 19.1 Å². The number of benzene rings is 3. The van der Waals surface area contributed by atoms with E-state index in [0.29, 0.717) is 49.2 Å². The highest BCUT2D eigenvalue weighted by Gasteiger charge is 2.34. The third kappa shape index (κ3) is 6.77. The second-order valence-corrected chi connectivity index (χ2v) is 10.6. The molecule has 0 bridgehead atoms. The Balaban J connectivity index is 1.52. The quantitative estimate of drug-likeness (QED) is 0.221. The molecule has 1 aliphatic heterocycles. The lowest BCUT2D eigenvalue weighted by atomic mass is 10.1. The summed E-state index contributed by atoms with van der Waals surface area (Å²) in [7, 11) is 0. The molecule has 0 atom stereocenters. The van der Waals surface area contributed by atoms with Gasteiger partial charge >= 0.3 is 0 Å². The topological polar surface area (TPSA) is 67.9 Å². The molecule has 1 N–H and O–H groups in total. The van der Waals surface area contributed by atoms with E-state index < -0.39 is 11.8 Å². The lowest BCUT2D eigenvalue weighted by molar-refractivity contribution is -0.123. The SMILES string of the molecule is CCOc1cc(/C=C2/SC(=S)N(NC(=O)c3ccc(Cl)cc3)C2=O)cc(Cl)c1OCc1ccc(Cl)cc1. The Morgan fingerprint density at radius 2 is 1.68 bits per heavy atom. The van der Waals surface area contributed by atoms with Gasteiger partial charge in [-0.2, -0.15) is 5.01 Å². The number of hydrazine groups is 1. The van der Waals surface area contributed by atoms with Gasteiger partial charge in [0.15, 0.2) is 15.8 Å². The van der Waals surface area contributed by atoms with Crippen LogP contribution in [0, 0.1) is 0 Å². The molecule has 0 aliphatic carbocycles. The molecule has 6 nitrogen and oxygen atoms in total. The second kappa shape index (κ2) is 12.2. The Kier molecular flexibility index (Phi) is 9.00. The Hall–Kier alpha value is -2.75. The Labute approximate surface area is 238 Å². The first-order chi connectivity index (χ1) is 17.7. The highest BCUT2D eigenvalue weighted by atomic mass is 35.5. The number of nitrogens with one attached hydrogen (secondary N) is 1. The number of thioether (sulfide) groups is 1. The molecule has 0 radical (unpaired) electrons. The van der Waals surface area contributed by atoms with Crippen molar-refractivity contribution in [2.24, 2.45) is 0 Å². The van der Waals surface area contributed by atoms with Gasteiger partial charge in [-0.05, 0) is 84.9 Å². The van der Waals surface area contributed by atoms with Crippen molar-refractivity contribution in [3.05, 3.63) is 97.3 Å². The summed E-state index contributed by atoms with van der Waals surface area (Å²) in [6.07, 6.45) is 1.63. The number of ether oxygens (including phenoxy) is 2. The summed E-state index contributed by atoms with van der Waals surface area (Å²) in [5, 5.41) is 2.49. The van der Waals surface area contributed by atoms with Gasteiger partial charge in [-0.15, -0.1) is 0 Å². The first kappa shape index (κ1) is 27.3. The summed E-state index contributed by atoms with van der Waals surface area (Å²) >= 11 is 24.7. The number of carbonyl (C=O) groups excluding carboxylic acids is 2. The van der Waals surface area contributed by atoms with Crippen LogP contribution >= 0.6 is 58.8 Å². The molecule has 190 valence electrons. The Morgan fingerprint density at radius 1 is 1.03 bits per heavy atom. The molecule has 0 unspecified atom stereocenters. The minimum atomic E-state index is -0.488. The number of carbonyl (C=O) groups is 2. The van der Waals surface area contributed by atoms with Crippen molar-refractivity contribution >= 4 is 81.0 Å². The van der Waals surface area contributed by atoms with Crippen molar-refractivity contribution in [1.29, 1.82) is 0 Å². The summed E-state index contributed by atoms with van der Waals surface area (Å²) in [5.41, 5.74) is 4.40. The van der Waals surface area contributed by atoms with E-state index in [1.165, 1.54) is 0 Å². The molecule has 1 saturated heterocycles. The normalized spacial score (nSPS) is 14.3. The average molecular weight is 594 g/mol. The highest BCUT2D eigenvalue weighted by Crippen LogP contribution is 2.39. The van der Waals surface area contributed by atoms with Gasteiger partial charge in [0, 0.05) is 15.6 Å². The maximum atomic E-state index is 13.0. The fraction of sp³-hybridized carbons (Fsp3) is 0.115. The Bertz CT molecular complexity index is 1380. The predicted octanol–water partition coefficient (Wildman–Crippen LogP) is 7.17. The third-order valence-corrected chi connectivity index (χ3v) is 7.13. The molecule has 3 aromatic carbocycles. The summed E-state index contributed by atoms with van der Waals surface area (Å²) < 4.78 is 11.9. The van der Waals surface area contributed by atoms with Crippen LogP contribution in [0.25, 0.3) is 6.08 Å². The fourth-order valence-electron chi connectivity index (χ4n) is 3.29. The van der Waals surface area contributed by atoms with Gasteiger partial charge in [0.2, 0.25) is 0 Å². The van der Waals surface area contributed by atoms with Crippen LogP contribution in [0.1, 0.15) is 28.4 Å². The van der Waals surface area contributed by atoms with Crippen LogP contribution in [0.2, 0.25) is 15.1 Å². The molecule has 2 amide bonds. The van der Waals surface area contributed by atoms with Crippen molar-refractivity contribution in [3.8, 4) is 11.5 Å². The van der Waals surface area contributed by atoms with E-state index in [2.05, 4.69) is 5.43 Å². The highest BCUT2D eigenvalue weighted by molar-refractivity contribution is 8.26. The fourth-order valence-corrected chi connectivity index (χ4v) is 5.00. The van der Waals surface area contributed by atoms with Gasteiger partial charge in [0.1, 0.15) is 6.61 Å². The number of hydrogen-bond donors (Lipinski definition) is 1. The molecule has 0 aromatic heterocycles. The third-order valence-electron chi connectivity index (χ3n) is 5.04. The molecular weight excluding hydrogens is 575 g/mol. The lowest BCUT2D eigenvalue weighted by Gasteiger charge is -2.16. The molecule has 0 saturated carbocycles. The van der Waals surface area contributed by atoms with E-state index >= 15 is 0 Å². The van der Waals surface area contributed by atoms with Gasteiger partial charge in [-0.1, -0.05) is 58.7 Å². The van der Waals surface area contributed by atoms with Crippen molar-refractivity contribution in [2.75, 3.05) is 6.61 Å². The van der Waals surface area contributed by atoms with Crippen LogP contribution in [0.4, 0.5) is 0 Å². The van der Waals surface area contributed by atoms with Crippen molar-refractivity contribution in [2.45, 2.75) is 13.5 Å². The first-order valence-electron chi connectivity index (χ1n) is 10.9. The van der Waals surface area contributed by atoms with Gasteiger partial charge < -0.3 is 9.47 Å². The minimum absolute atomic E-state index is 0.192. The second-order valence-electron chi connectivity index (χ2n) is 7.64. The van der Waals surface area contributed by atoms with Crippen molar-refractivity contribution < 1.29 is 19.1 Å². The predicted molar refractivity (Wildman–Crippen MR) is 152 cm³/mol. The molecule has 1 fully saturated rings. The largest absolute Gasteiger partial charge is 0.490 e. The number of amides is 2. The van der Waals surface area contributed by atoms with Gasteiger partial charge in [-0.25, -0.2) is 0 Å². The summed E-state index contributed by atoms with van der Waals surface area (Å²) in [6, 6.07) is 17.0. The molecule has 4 rings (SSSR count). The van der Waals surface area contributed by atoms with Gasteiger partial charge in [-0.3, -0.25) is 15.0 Å². The molecule has 1 heterocycles. The summed E-state index contributed by atoms with van der Waals surface area (Å²) in [6.45, 7) is 2.50. The number of rotatable bonds is 8. The van der Waals surface area contributed by atoms with Crippen molar-refractivity contribution in [1.82, 2.24) is 10.4 Å². The van der Waals surface area contributed by atoms with Crippen LogP contribution in [0.15, 0.2) is 65.6 Å². The molecule has 3 aromatic rings. The zero-order valence-corrected chi connectivity index (χ0v) is 23.2. The maximum absolute atomic E-state index is 13.0. The Morgan fingerprint density at radius 3 is 2.32 bits per heavy atom. The van der Waals surface area contributed by atoms with Gasteiger partial charge in [0.05, 0.1) is 16.5 Å². The molecule has 1 aliphatic rings. The number of nitrogens with zero attached hydrogens (tertiary/aromatic N) is 1. The van der Waals surface area contributed by atoms with E-state index in [9.17, 15) is 9.59 Å². The number of hydrogen-bond acceptors (Lipinski definition) is 6. The van der Waals surface area contributed by atoms with E-state index in [4.69, 9.17) is 56.5 Å². The van der Waals surface area contributed by atoms with E-state index in [1.54, 1.807) is 54.6 Å². The lowest BCUT2D eigenvalue weighted by Crippen LogP contribution is -2.44. The summed E-state index contributed by atoms with van der Waals surface area (Å²) in [5.74, 6) is -0.132. The van der Waals surface area contributed by atoms with Crippen LogP contribution in [0.5, 0.6) is 11.5 Å². The first-order valence-corrected chi connectivity index (χ1v) is 13.3. The molecule has 0 spiro atoms. The molecular formula is C26H19Cl3N2O4S2. The standard InChI is InChI=1S/C26H19Cl3N2O4S2/c1-2-34-21-12-16(11-20(29)23(21)35-14-15-3-7-18(27)8-4-15)13-22-25(33)31(26(36)37-22)30-24(32)17-5-9-19(28)10-6-17/h3-13H,2,14H2,1H3,(H,30,32)/b22-13+. The maximum Gasteiger partial charge on any atom is 0.285 e. The van der Waals surface area contributed by atoms with Crippen LogP contribution in [0.3, 0.4) is 0 Å². The van der Waals surface area contributed by atoms with Crippen LogP contribution in [-0.4, -0.2) is 27.8 Å². The smallest absolute Gasteiger partial charge is 0.285 e. The van der Waals surface area contributed by atoms with E-state index in [-0.39, 0.29) is 10.9 Å². The zero-order valence-electron chi connectivity index (χ0n) is 19.3. The molecule has 11 heteroatoms. The van der Waals surface area contributed by atoms with E-state index in [0.717, 1.165) is 22.3 Å². The molecule has 37 heavy (non-hydrogen) atoms. The number of thiocarbonyl (C=S) groups is 1. The van der Waals surface area contributed by atoms with Crippen LogP contribution in [-0.2, 0) is 11.4 Å². The minimum Gasteiger partial charge on any atom is -0.490 e. The van der Waals surface area contributed by atoms with Crippen molar-refractivity contribution in [3.63, 3.8) is 0 Å².